The van der Waals surface area contributed by atoms with Crippen LogP contribution in [0.15, 0.2) is 22.7 Å². The fourth-order valence-corrected chi connectivity index (χ4v) is 3.01. The lowest BCUT2D eigenvalue weighted by Crippen LogP contribution is -2.62. The van der Waals surface area contributed by atoms with Gasteiger partial charge in [-0.3, -0.25) is 14.5 Å². The molecule has 0 radical (unpaired) electrons. The summed E-state index contributed by atoms with van der Waals surface area (Å²) in [6.07, 6.45) is 1.53. The van der Waals surface area contributed by atoms with E-state index in [1.165, 1.54) is 0 Å². The van der Waals surface area contributed by atoms with Crippen LogP contribution in [0.3, 0.4) is 0 Å². The standard InChI is InChI=1S/C15H19BrN2O2/c1-4-5-12-15(20)18(10(3)14(19)17-12)13-7-6-11(16)8-9(13)2/h6-8,10,12H,4-5H2,1-3H3,(H,17,19). The first kappa shape index (κ1) is 15.0. The number of carbonyl (C=O) groups excluding carboxylic acids is 2. The van der Waals surface area contributed by atoms with E-state index in [0.717, 1.165) is 22.1 Å². The molecule has 1 fully saturated rings. The van der Waals surface area contributed by atoms with Crippen molar-refractivity contribution in [2.45, 2.75) is 45.7 Å². The SMILES string of the molecule is CCCC1NC(=O)C(C)N(c2ccc(Br)cc2C)C1=O. The Morgan fingerprint density at radius 2 is 2.05 bits per heavy atom. The minimum atomic E-state index is -0.476. The lowest BCUT2D eigenvalue weighted by Gasteiger charge is -2.38. The van der Waals surface area contributed by atoms with Crippen LogP contribution >= 0.6 is 15.9 Å². The quantitative estimate of drug-likeness (QED) is 0.921. The summed E-state index contributed by atoms with van der Waals surface area (Å²) in [7, 11) is 0. The van der Waals surface area contributed by atoms with E-state index < -0.39 is 12.1 Å². The van der Waals surface area contributed by atoms with Crippen LogP contribution in [0.5, 0.6) is 0 Å². The van der Waals surface area contributed by atoms with Gasteiger partial charge in [-0.2, -0.15) is 0 Å². The number of piperazine rings is 1. The Morgan fingerprint density at radius 1 is 1.35 bits per heavy atom. The zero-order chi connectivity index (χ0) is 14.9. The molecule has 4 nitrogen and oxygen atoms in total. The molecule has 0 saturated carbocycles. The molecule has 5 heteroatoms. The molecule has 1 N–H and O–H groups in total. The zero-order valence-electron chi connectivity index (χ0n) is 11.9. The smallest absolute Gasteiger partial charge is 0.250 e. The number of anilines is 1. The second-order valence-corrected chi connectivity index (χ2v) is 6.08. The maximum atomic E-state index is 12.6. The highest BCUT2D eigenvalue weighted by atomic mass is 79.9. The summed E-state index contributed by atoms with van der Waals surface area (Å²) < 4.78 is 0.963. The highest BCUT2D eigenvalue weighted by Crippen LogP contribution is 2.28. The average molecular weight is 339 g/mol. The molecule has 1 aliphatic rings. The third-order valence-electron chi connectivity index (χ3n) is 3.61. The molecule has 0 aromatic heterocycles. The van der Waals surface area contributed by atoms with E-state index in [-0.39, 0.29) is 11.8 Å². The monoisotopic (exact) mass is 338 g/mol. The van der Waals surface area contributed by atoms with Crippen molar-refractivity contribution in [2.24, 2.45) is 0 Å². The van der Waals surface area contributed by atoms with Crippen LogP contribution in [0.4, 0.5) is 5.69 Å². The number of aryl methyl sites for hydroxylation is 1. The number of amides is 2. The van der Waals surface area contributed by atoms with Crippen molar-refractivity contribution in [3.8, 4) is 0 Å². The second kappa shape index (κ2) is 5.95. The first-order chi connectivity index (χ1) is 9.45. The van der Waals surface area contributed by atoms with Gasteiger partial charge in [-0.15, -0.1) is 0 Å². The molecule has 108 valence electrons. The molecule has 1 aromatic carbocycles. The van der Waals surface area contributed by atoms with E-state index in [4.69, 9.17) is 0 Å². The second-order valence-electron chi connectivity index (χ2n) is 5.16. The molecule has 2 atom stereocenters. The van der Waals surface area contributed by atoms with Gasteiger partial charge in [0.25, 0.3) is 0 Å². The fraction of sp³-hybridized carbons (Fsp3) is 0.467. The van der Waals surface area contributed by atoms with Crippen LogP contribution in [-0.4, -0.2) is 23.9 Å². The number of hydrogen-bond acceptors (Lipinski definition) is 2. The number of benzene rings is 1. The van der Waals surface area contributed by atoms with Crippen LogP contribution in [0.25, 0.3) is 0 Å². The average Bonchev–Trinajstić information content (AvgIpc) is 2.39. The van der Waals surface area contributed by atoms with Gasteiger partial charge in [0, 0.05) is 10.2 Å². The Balaban J connectivity index is 2.40. The number of nitrogens with one attached hydrogen (secondary N) is 1. The minimum absolute atomic E-state index is 0.0237. The summed E-state index contributed by atoms with van der Waals surface area (Å²) in [5.41, 5.74) is 1.78. The maximum absolute atomic E-state index is 12.6. The van der Waals surface area contributed by atoms with Gasteiger partial charge in [0.05, 0.1) is 0 Å². The first-order valence-electron chi connectivity index (χ1n) is 6.85. The Labute approximate surface area is 127 Å². The molecule has 2 amide bonds. The van der Waals surface area contributed by atoms with E-state index in [1.807, 2.05) is 32.0 Å². The Hall–Kier alpha value is -1.36. The summed E-state index contributed by atoms with van der Waals surface area (Å²) in [5.74, 6) is -0.116. The molecule has 0 aliphatic carbocycles. The van der Waals surface area contributed by atoms with Crippen molar-refractivity contribution in [3.05, 3.63) is 28.2 Å². The van der Waals surface area contributed by atoms with Crippen molar-refractivity contribution in [2.75, 3.05) is 4.90 Å². The van der Waals surface area contributed by atoms with Gasteiger partial charge in [0.2, 0.25) is 11.8 Å². The Bertz CT molecular complexity index is 545. The highest BCUT2D eigenvalue weighted by molar-refractivity contribution is 9.10. The van der Waals surface area contributed by atoms with E-state index in [9.17, 15) is 9.59 Å². The molecule has 1 heterocycles. The lowest BCUT2D eigenvalue weighted by atomic mass is 10.0. The van der Waals surface area contributed by atoms with Crippen LogP contribution in [0, 0.1) is 6.92 Å². The summed E-state index contributed by atoms with van der Waals surface area (Å²) in [6, 6.07) is 4.85. The topological polar surface area (TPSA) is 49.4 Å². The summed E-state index contributed by atoms with van der Waals surface area (Å²) >= 11 is 3.42. The van der Waals surface area contributed by atoms with Crippen molar-refractivity contribution in [3.63, 3.8) is 0 Å². The molecular formula is C15H19BrN2O2. The van der Waals surface area contributed by atoms with Gasteiger partial charge in [-0.25, -0.2) is 0 Å². The lowest BCUT2D eigenvalue weighted by molar-refractivity contribution is -0.133. The Kier molecular flexibility index (Phi) is 4.48. The molecular weight excluding hydrogens is 320 g/mol. The van der Waals surface area contributed by atoms with Crippen molar-refractivity contribution in [1.29, 1.82) is 0 Å². The van der Waals surface area contributed by atoms with E-state index >= 15 is 0 Å². The third kappa shape index (κ3) is 2.73. The maximum Gasteiger partial charge on any atom is 0.250 e. The summed E-state index contributed by atoms with van der Waals surface area (Å²) in [4.78, 5) is 26.3. The molecule has 1 saturated heterocycles. The van der Waals surface area contributed by atoms with Gasteiger partial charge in [-0.1, -0.05) is 29.3 Å². The summed E-state index contributed by atoms with van der Waals surface area (Å²) in [5, 5.41) is 2.81. The molecule has 2 unspecified atom stereocenters. The van der Waals surface area contributed by atoms with Crippen molar-refractivity contribution >= 4 is 33.4 Å². The van der Waals surface area contributed by atoms with Gasteiger partial charge in [-0.05, 0) is 44.0 Å². The van der Waals surface area contributed by atoms with Crippen LogP contribution < -0.4 is 10.2 Å². The molecule has 20 heavy (non-hydrogen) atoms. The molecule has 2 rings (SSSR count). The van der Waals surface area contributed by atoms with E-state index in [1.54, 1.807) is 11.8 Å². The Morgan fingerprint density at radius 3 is 2.65 bits per heavy atom. The van der Waals surface area contributed by atoms with E-state index in [2.05, 4.69) is 21.2 Å². The largest absolute Gasteiger partial charge is 0.342 e. The van der Waals surface area contributed by atoms with Crippen molar-refractivity contribution < 1.29 is 9.59 Å². The third-order valence-corrected chi connectivity index (χ3v) is 4.11. The van der Waals surface area contributed by atoms with Gasteiger partial charge in [0.15, 0.2) is 0 Å². The highest BCUT2D eigenvalue weighted by Gasteiger charge is 2.38. The van der Waals surface area contributed by atoms with Crippen molar-refractivity contribution in [1.82, 2.24) is 5.32 Å². The van der Waals surface area contributed by atoms with Gasteiger partial charge in [0.1, 0.15) is 12.1 Å². The predicted molar refractivity (Wildman–Crippen MR) is 82.7 cm³/mol. The molecule has 0 spiro atoms. The van der Waals surface area contributed by atoms with Crippen LogP contribution in [0.2, 0.25) is 0 Å². The number of carbonyl (C=O) groups is 2. The zero-order valence-corrected chi connectivity index (χ0v) is 13.5. The van der Waals surface area contributed by atoms with Gasteiger partial charge >= 0.3 is 0 Å². The molecule has 1 aromatic rings. The van der Waals surface area contributed by atoms with Crippen LogP contribution in [0.1, 0.15) is 32.3 Å². The normalized spacial score (nSPS) is 22.9. The molecule has 0 bridgehead atoms. The number of nitrogens with zero attached hydrogens (tertiary/aromatic N) is 1. The number of halogens is 1. The van der Waals surface area contributed by atoms with E-state index in [0.29, 0.717) is 6.42 Å². The summed E-state index contributed by atoms with van der Waals surface area (Å²) in [6.45, 7) is 5.71. The number of hydrogen-bond donors (Lipinski definition) is 1. The van der Waals surface area contributed by atoms with Crippen LogP contribution in [-0.2, 0) is 9.59 Å². The fourth-order valence-electron chi connectivity index (χ4n) is 2.53. The number of rotatable bonds is 3. The first-order valence-corrected chi connectivity index (χ1v) is 7.64. The van der Waals surface area contributed by atoms with Gasteiger partial charge < -0.3 is 5.32 Å². The minimum Gasteiger partial charge on any atom is -0.342 e. The molecule has 1 aliphatic heterocycles. The predicted octanol–water partition coefficient (Wildman–Crippen LogP) is 2.78.